The van der Waals surface area contributed by atoms with Gasteiger partial charge in [0.05, 0.1) is 50.2 Å². The van der Waals surface area contributed by atoms with Gasteiger partial charge >= 0.3 is 0 Å². The Balaban J connectivity index is 0.833. The fraction of sp³-hybridized carbons (Fsp3) is 0. The van der Waals surface area contributed by atoms with Crippen LogP contribution in [0.15, 0.2) is 328 Å². The topological polar surface area (TPSA) is 45.0 Å². The summed E-state index contributed by atoms with van der Waals surface area (Å²) in [4.78, 5) is 10.4. The van der Waals surface area contributed by atoms with Gasteiger partial charge in [-0.1, -0.05) is 218 Å². The second-order valence-electron chi connectivity index (χ2n) is 23.4. The highest BCUT2D eigenvalue weighted by molar-refractivity contribution is 6.15. The molecule has 18 aromatic rings. The van der Waals surface area contributed by atoms with E-state index in [-0.39, 0.29) is 0 Å². The maximum absolute atomic E-state index is 5.25. The van der Waals surface area contributed by atoms with Crippen LogP contribution >= 0.6 is 0 Å². The largest absolute Gasteiger partial charge is 0.309 e. The summed E-state index contributed by atoms with van der Waals surface area (Å²) in [6.07, 6.45) is 2.11. The Morgan fingerprint density at radius 1 is 0.211 bits per heavy atom. The molecular formula is C84H54N6. The highest BCUT2D eigenvalue weighted by Gasteiger charge is 2.23. The number of aromatic nitrogens is 6. The van der Waals surface area contributed by atoms with Gasteiger partial charge in [-0.25, -0.2) is 9.97 Å². The van der Waals surface area contributed by atoms with Crippen molar-refractivity contribution in [3.05, 3.63) is 328 Å². The molecule has 5 aromatic heterocycles. The molecule has 0 amide bonds. The van der Waals surface area contributed by atoms with E-state index in [9.17, 15) is 0 Å². The van der Waals surface area contributed by atoms with Gasteiger partial charge in [-0.05, 0) is 148 Å². The van der Waals surface area contributed by atoms with Gasteiger partial charge in [-0.15, -0.1) is 0 Å². The summed E-state index contributed by atoms with van der Waals surface area (Å²) in [5.41, 5.74) is 25.5. The highest BCUT2D eigenvalue weighted by Crippen LogP contribution is 2.43. The first-order valence-electron chi connectivity index (χ1n) is 30.7. The smallest absolute Gasteiger partial charge is 0.235 e. The molecule has 6 nitrogen and oxygen atoms in total. The summed E-state index contributed by atoms with van der Waals surface area (Å²) in [5.74, 6) is 0.649. The van der Waals surface area contributed by atoms with Crippen molar-refractivity contribution in [1.82, 2.24) is 28.1 Å². The molecule has 6 heteroatoms. The number of imidazole rings is 1. The van der Waals surface area contributed by atoms with Crippen molar-refractivity contribution in [2.75, 3.05) is 0 Å². The highest BCUT2D eigenvalue weighted by atomic mass is 15.1. The predicted octanol–water partition coefficient (Wildman–Crippen LogP) is 21.7. The Hall–Kier alpha value is -12.1. The van der Waals surface area contributed by atoms with Crippen molar-refractivity contribution in [2.45, 2.75) is 0 Å². The zero-order valence-electron chi connectivity index (χ0n) is 48.9. The molecule has 90 heavy (non-hydrogen) atoms. The molecule has 0 aliphatic heterocycles. The summed E-state index contributed by atoms with van der Waals surface area (Å²) in [6.45, 7) is 0. The van der Waals surface area contributed by atoms with Crippen molar-refractivity contribution in [1.29, 1.82) is 0 Å². The van der Waals surface area contributed by atoms with Crippen LogP contribution in [-0.2, 0) is 0 Å². The molecule has 0 saturated heterocycles. The zero-order chi connectivity index (χ0) is 59.2. The first-order chi connectivity index (χ1) is 44.6. The molecule has 5 heterocycles. The van der Waals surface area contributed by atoms with Gasteiger partial charge in [-0.3, -0.25) is 4.40 Å². The van der Waals surface area contributed by atoms with Crippen LogP contribution in [0, 0.1) is 0 Å². The Bertz CT molecular complexity index is 5330. The molecule has 13 aromatic carbocycles. The molecule has 0 aliphatic carbocycles. The molecule has 0 fully saturated rings. The number of fused-ring (bicyclic) bond motifs is 10. The van der Waals surface area contributed by atoms with Crippen LogP contribution in [0.25, 0.3) is 167 Å². The lowest BCUT2D eigenvalue weighted by molar-refractivity contribution is 1.11. The maximum Gasteiger partial charge on any atom is 0.235 e. The maximum atomic E-state index is 5.25. The van der Waals surface area contributed by atoms with Crippen LogP contribution in [0.1, 0.15) is 0 Å². The average molecular weight is 1150 g/mol. The third kappa shape index (κ3) is 8.41. The Kier molecular flexibility index (Phi) is 11.8. The van der Waals surface area contributed by atoms with E-state index in [1.165, 1.54) is 66.1 Å². The quantitative estimate of drug-likeness (QED) is 0.137. The minimum atomic E-state index is 0.649. The van der Waals surface area contributed by atoms with Gasteiger partial charge in [0.15, 0.2) is 0 Å². The Labute approximate surface area is 519 Å². The third-order valence-electron chi connectivity index (χ3n) is 18.2. The fourth-order valence-electron chi connectivity index (χ4n) is 13.9. The third-order valence-corrected chi connectivity index (χ3v) is 18.2. The minimum absolute atomic E-state index is 0.649. The molecule has 420 valence electrons. The van der Waals surface area contributed by atoms with Gasteiger partial charge in [0.2, 0.25) is 5.78 Å². The first-order valence-corrected chi connectivity index (χ1v) is 30.7. The number of nitrogens with zero attached hydrogens (tertiary/aromatic N) is 6. The second-order valence-corrected chi connectivity index (χ2v) is 23.4. The van der Waals surface area contributed by atoms with Crippen molar-refractivity contribution < 1.29 is 0 Å². The van der Waals surface area contributed by atoms with Gasteiger partial charge in [0, 0.05) is 72.3 Å². The SMILES string of the molecule is c1ccc(-c2ccc3c(c2)c2cc(-c4ccccc4)ccc2n3-c2ccc3c(c2)c2cc(-n4c5ccc(-c6ccccc6)cc5c5cc(-c6ccccc6)ccc54)ccc2n3-c2ccc(-c3ccn4c(-c5ccccc5)c(-c5ccccc5)nc4n3)cc2)cc1. The zero-order valence-corrected chi connectivity index (χ0v) is 48.9. The van der Waals surface area contributed by atoms with Crippen molar-refractivity contribution >= 4 is 71.2 Å². The van der Waals surface area contributed by atoms with Gasteiger partial charge in [0.1, 0.15) is 0 Å². The minimum Gasteiger partial charge on any atom is -0.309 e. The van der Waals surface area contributed by atoms with E-state index in [1.54, 1.807) is 0 Å². The van der Waals surface area contributed by atoms with Crippen molar-refractivity contribution in [3.63, 3.8) is 0 Å². The number of hydrogen-bond acceptors (Lipinski definition) is 2. The average Bonchev–Trinajstić information content (AvgIpc) is 1.61. The molecule has 0 radical (unpaired) electrons. The summed E-state index contributed by atoms with van der Waals surface area (Å²) in [5, 5.41) is 7.14. The lowest BCUT2D eigenvalue weighted by Gasteiger charge is -2.12. The van der Waals surface area contributed by atoms with Crippen molar-refractivity contribution in [2.24, 2.45) is 0 Å². The Morgan fingerprint density at radius 2 is 0.511 bits per heavy atom. The van der Waals surface area contributed by atoms with Crippen molar-refractivity contribution in [3.8, 4) is 95.3 Å². The van der Waals surface area contributed by atoms with E-state index in [1.807, 2.05) is 12.1 Å². The molecule has 0 atom stereocenters. The van der Waals surface area contributed by atoms with E-state index in [0.29, 0.717) is 5.78 Å². The lowest BCUT2D eigenvalue weighted by atomic mass is 10.0. The second kappa shape index (κ2) is 20.8. The van der Waals surface area contributed by atoms with E-state index in [2.05, 4.69) is 334 Å². The number of rotatable bonds is 10. The van der Waals surface area contributed by atoms with Crippen LogP contribution in [0.5, 0.6) is 0 Å². The van der Waals surface area contributed by atoms with Gasteiger partial charge < -0.3 is 13.7 Å². The Morgan fingerprint density at radius 3 is 0.889 bits per heavy atom. The van der Waals surface area contributed by atoms with Crippen LogP contribution in [-0.4, -0.2) is 28.1 Å². The van der Waals surface area contributed by atoms with E-state index >= 15 is 0 Å². The normalized spacial score (nSPS) is 11.8. The lowest BCUT2D eigenvalue weighted by Crippen LogP contribution is -1.97. The number of benzene rings is 13. The van der Waals surface area contributed by atoms with Crippen LogP contribution in [0.4, 0.5) is 0 Å². The van der Waals surface area contributed by atoms with Gasteiger partial charge in [0.25, 0.3) is 0 Å². The van der Waals surface area contributed by atoms with Gasteiger partial charge in [-0.2, -0.15) is 0 Å². The molecular weight excluding hydrogens is 1090 g/mol. The molecule has 0 N–H and O–H groups in total. The van der Waals surface area contributed by atoms with Crippen LogP contribution in [0.3, 0.4) is 0 Å². The summed E-state index contributed by atoms with van der Waals surface area (Å²) in [6, 6.07) is 117. The summed E-state index contributed by atoms with van der Waals surface area (Å²) in [7, 11) is 0. The molecule has 0 bridgehead atoms. The standard InChI is InChI=1S/C84H54N6/c1-7-19-55(20-8-1)62-33-41-76-69(49-62)70-50-63(56-21-9-2-10-22-56)34-42-77(70)89(76)67-39-45-80-73(53-67)74-54-68(90-78-43-35-64(57-23-11-3-12-24-57)51-71(78)72-52-65(36-44-79(72)90)58-25-13-4-14-26-58)40-46-81(74)88(80)66-37-31-59(32-38-66)75-47-48-87-83(61-29-17-6-18-30-61)82(86-84(87)85-75)60-27-15-5-16-28-60/h1-54H. The summed E-state index contributed by atoms with van der Waals surface area (Å²) >= 11 is 0. The molecule has 0 spiro atoms. The number of hydrogen-bond donors (Lipinski definition) is 0. The fourth-order valence-corrected chi connectivity index (χ4v) is 13.9. The van der Waals surface area contributed by atoms with Crippen LogP contribution < -0.4 is 0 Å². The molecule has 18 rings (SSSR count). The molecule has 0 unspecified atom stereocenters. The monoisotopic (exact) mass is 1150 g/mol. The van der Waals surface area contributed by atoms with E-state index in [0.717, 1.165) is 94.7 Å². The summed E-state index contributed by atoms with van der Waals surface area (Å²) < 4.78 is 9.47. The molecule has 0 saturated carbocycles. The van der Waals surface area contributed by atoms with Crippen LogP contribution in [0.2, 0.25) is 0 Å². The van der Waals surface area contributed by atoms with E-state index in [4.69, 9.17) is 9.97 Å². The first kappa shape index (κ1) is 51.1. The van der Waals surface area contributed by atoms with E-state index < -0.39 is 0 Å². The molecule has 0 aliphatic rings. The predicted molar refractivity (Wildman–Crippen MR) is 374 cm³/mol.